The van der Waals surface area contributed by atoms with Crippen molar-refractivity contribution in [3.63, 3.8) is 0 Å². The Morgan fingerprint density at radius 2 is 1.77 bits per heavy atom. The standard InChI is InChI=1S/C23H25Br.C2H6/c1-7-9-14-22(24)16(3)18(8-2)15-21-17(4)19-12-10-11-13-20(19)23(21,5)6;1-2/h7-15H,2-3H2,1,4-6H3;1-2H3/b9-7-,18-15+,22-14+;. The van der Waals surface area contributed by atoms with Crippen LogP contribution in [0.5, 0.6) is 0 Å². The molecule has 0 aliphatic heterocycles. The number of rotatable bonds is 5. The largest absolute Gasteiger partial charge is 0.0984 e. The summed E-state index contributed by atoms with van der Waals surface area (Å²) in [5, 5.41) is 0. The average molecular weight is 411 g/mol. The lowest BCUT2D eigenvalue weighted by Gasteiger charge is -2.23. The molecule has 1 aromatic rings. The number of fused-ring (bicyclic) bond motifs is 1. The minimum atomic E-state index is -0.0191. The maximum atomic E-state index is 4.23. The smallest absolute Gasteiger partial charge is 0.0247 e. The Balaban J connectivity index is 0.00000163. The van der Waals surface area contributed by atoms with Crippen molar-refractivity contribution in [1.29, 1.82) is 0 Å². The van der Waals surface area contributed by atoms with Gasteiger partial charge in [-0.25, -0.2) is 0 Å². The summed E-state index contributed by atoms with van der Waals surface area (Å²) >= 11 is 3.61. The minimum absolute atomic E-state index is 0.0191. The molecular weight excluding hydrogens is 380 g/mol. The number of hydrogen-bond donors (Lipinski definition) is 0. The lowest BCUT2D eigenvalue weighted by molar-refractivity contribution is 0.653. The zero-order valence-electron chi connectivity index (χ0n) is 17.0. The van der Waals surface area contributed by atoms with Gasteiger partial charge < -0.3 is 0 Å². The Bertz CT molecular complexity index is 795. The molecule has 0 bridgehead atoms. The Morgan fingerprint density at radius 1 is 1.15 bits per heavy atom. The predicted molar refractivity (Wildman–Crippen MR) is 123 cm³/mol. The summed E-state index contributed by atoms with van der Waals surface area (Å²) in [6.07, 6.45) is 10.1. The highest BCUT2D eigenvalue weighted by Crippen LogP contribution is 2.47. The zero-order chi connectivity index (χ0) is 19.9. The molecule has 0 saturated carbocycles. The van der Waals surface area contributed by atoms with E-state index in [-0.39, 0.29) is 5.41 Å². The van der Waals surface area contributed by atoms with Crippen molar-refractivity contribution in [3.05, 3.63) is 100 Å². The van der Waals surface area contributed by atoms with Gasteiger partial charge in [0.1, 0.15) is 0 Å². The average Bonchev–Trinajstić information content (AvgIpc) is 2.85. The molecule has 0 atom stereocenters. The molecule has 1 aliphatic carbocycles. The number of hydrogen-bond acceptors (Lipinski definition) is 0. The molecule has 0 N–H and O–H groups in total. The Kier molecular flexibility index (Phi) is 8.30. The predicted octanol–water partition coefficient (Wildman–Crippen LogP) is 8.30. The SMILES string of the molecule is C=C/C(=C\C1=C(C)c2ccccc2C1(C)C)C(=C)/C(Br)=C\C=C/C.CC. The quantitative estimate of drug-likeness (QED) is 0.428. The third-order valence-corrected chi connectivity index (χ3v) is 5.42. The van der Waals surface area contributed by atoms with E-state index in [1.165, 1.54) is 22.3 Å². The molecule has 1 heteroatoms. The van der Waals surface area contributed by atoms with Crippen LogP contribution in [0.15, 0.2) is 89.0 Å². The van der Waals surface area contributed by atoms with Gasteiger partial charge >= 0.3 is 0 Å². The van der Waals surface area contributed by atoms with Crippen molar-refractivity contribution < 1.29 is 0 Å². The molecule has 0 fully saturated rings. The fraction of sp³-hybridized carbons (Fsp3) is 0.280. The lowest BCUT2D eigenvalue weighted by atomic mass is 9.80. The first-order valence-electron chi connectivity index (χ1n) is 9.18. The first kappa shape index (κ1) is 22.2. The topological polar surface area (TPSA) is 0 Å². The molecule has 0 nitrogen and oxygen atoms in total. The van der Waals surface area contributed by atoms with Crippen molar-refractivity contribution in [3.8, 4) is 0 Å². The van der Waals surface area contributed by atoms with Gasteiger partial charge in [0.05, 0.1) is 0 Å². The van der Waals surface area contributed by atoms with Crippen LogP contribution in [-0.2, 0) is 5.41 Å². The molecule has 0 amide bonds. The highest BCUT2D eigenvalue weighted by atomic mass is 79.9. The molecule has 0 radical (unpaired) electrons. The van der Waals surface area contributed by atoms with E-state index in [2.05, 4.69) is 80.2 Å². The fourth-order valence-electron chi connectivity index (χ4n) is 3.25. The Labute approximate surface area is 168 Å². The molecule has 1 aromatic carbocycles. The molecule has 1 aliphatic rings. The summed E-state index contributed by atoms with van der Waals surface area (Å²) in [4.78, 5) is 0. The van der Waals surface area contributed by atoms with Crippen molar-refractivity contribution >= 4 is 21.5 Å². The second-order valence-corrected chi connectivity index (χ2v) is 7.39. The van der Waals surface area contributed by atoms with Crippen molar-refractivity contribution in [2.75, 3.05) is 0 Å². The van der Waals surface area contributed by atoms with E-state index in [0.29, 0.717) is 0 Å². The van der Waals surface area contributed by atoms with Gasteiger partial charge in [-0.1, -0.05) is 99.3 Å². The van der Waals surface area contributed by atoms with Gasteiger partial charge in [-0.2, -0.15) is 0 Å². The highest BCUT2D eigenvalue weighted by Gasteiger charge is 2.34. The van der Waals surface area contributed by atoms with Crippen LogP contribution in [0.2, 0.25) is 0 Å². The molecular formula is C25H31Br. The van der Waals surface area contributed by atoms with E-state index < -0.39 is 0 Å². The van der Waals surface area contributed by atoms with Gasteiger partial charge in [0.2, 0.25) is 0 Å². The van der Waals surface area contributed by atoms with Crippen LogP contribution in [0, 0.1) is 0 Å². The molecule has 0 spiro atoms. The van der Waals surface area contributed by atoms with E-state index in [1.807, 2.05) is 45.1 Å². The van der Waals surface area contributed by atoms with Crippen LogP contribution in [0.1, 0.15) is 52.7 Å². The van der Waals surface area contributed by atoms with E-state index in [4.69, 9.17) is 0 Å². The normalized spacial score (nSPS) is 16.3. The molecule has 2 rings (SSSR count). The van der Waals surface area contributed by atoms with Crippen molar-refractivity contribution in [2.24, 2.45) is 0 Å². The third kappa shape index (κ3) is 4.45. The molecule has 26 heavy (non-hydrogen) atoms. The van der Waals surface area contributed by atoms with Crippen molar-refractivity contribution in [2.45, 2.75) is 47.0 Å². The van der Waals surface area contributed by atoms with Crippen LogP contribution < -0.4 is 0 Å². The lowest BCUT2D eigenvalue weighted by Crippen LogP contribution is -2.16. The molecule has 138 valence electrons. The molecule has 0 unspecified atom stereocenters. The van der Waals surface area contributed by atoms with E-state index in [9.17, 15) is 0 Å². The monoisotopic (exact) mass is 410 g/mol. The summed E-state index contributed by atoms with van der Waals surface area (Å²) in [6.45, 7) is 21.0. The van der Waals surface area contributed by atoms with Crippen LogP contribution in [0.3, 0.4) is 0 Å². The highest BCUT2D eigenvalue weighted by molar-refractivity contribution is 9.12. The van der Waals surface area contributed by atoms with Crippen LogP contribution in [-0.4, -0.2) is 0 Å². The third-order valence-electron chi connectivity index (χ3n) is 4.67. The number of benzene rings is 1. The summed E-state index contributed by atoms with van der Waals surface area (Å²) in [7, 11) is 0. The summed E-state index contributed by atoms with van der Waals surface area (Å²) < 4.78 is 0.971. The van der Waals surface area contributed by atoms with E-state index >= 15 is 0 Å². The Morgan fingerprint density at radius 3 is 2.31 bits per heavy atom. The van der Waals surface area contributed by atoms with Crippen LogP contribution >= 0.6 is 15.9 Å². The number of halogens is 1. The van der Waals surface area contributed by atoms with Crippen LogP contribution in [0.25, 0.3) is 5.57 Å². The second-order valence-electron chi connectivity index (χ2n) is 6.53. The van der Waals surface area contributed by atoms with Crippen molar-refractivity contribution in [1.82, 2.24) is 0 Å². The Hall–Kier alpha value is -1.86. The van der Waals surface area contributed by atoms with Gasteiger partial charge in [0.15, 0.2) is 0 Å². The van der Waals surface area contributed by atoms with E-state index in [1.54, 1.807) is 0 Å². The van der Waals surface area contributed by atoms with Gasteiger partial charge in [0, 0.05) is 9.90 Å². The summed E-state index contributed by atoms with van der Waals surface area (Å²) in [6, 6.07) is 8.65. The van der Waals surface area contributed by atoms with Gasteiger partial charge in [-0.05, 0) is 59.4 Å². The molecule has 0 aromatic heterocycles. The fourth-order valence-corrected chi connectivity index (χ4v) is 3.63. The molecule has 0 heterocycles. The van der Waals surface area contributed by atoms with E-state index in [0.717, 1.165) is 15.6 Å². The first-order chi connectivity index (χ1) is 12.3. The van der Waals surface area contributed by atoms with Gasteiger partial charge in [-0.3, -0.25) is 0 Å². The minimum Gasteiger partial charge on any atom is -0.0984 e. The summed E-state index contributed by atoms with van der Waals surface area (Å²) in [5.74, 6) is 0. The van der Waals surface area contributed by atoms with Gasteiger partial charge in [0.25, 0.3) is 0 Å². The second kappa shape index (κ2) is 9.73. The van der Waals surface area contributed by atoms with Gasteiger partial charge in [-0.15, -0.1) is 0 Å². The summed E-state index contributed by atoms with van der Waals surface area (Å²) in [5.41, 5.74) is 7.34. The first-order valence-corrected chi connectivity index (χ1v) is 9.97. The maximum Gasteiger partial charge on any atom is 0.0247 e. The zero-order valence-corrected chi connectivity index (χ0v) is 18.6. The molecule has 0 saturated heterocycles. The maximum absolute atomic E-state index is 4.23. The van der Waals surface area contributed by atoms with Crippen LogP contribution in [0.4, 0.5) is 0 Å². The number of allylic oxidation sites excluding steroid dienone is 10.